The van der Waals surface area contributed by atoms with Crippen LogP contribution < -0.4 is 0 Å². The van der Waals surface area contributed by atoms with Crippen LogP contribution in [0.4, 0.5) is 4.39 Å². The highest BCUT2D eigenvalue weighted by atomic mass is 19.1. The number of benzene rings is 1. The number of carbonyl (C=O) groups excluding carboxylic acids is 1. The Morgan fingerprint density at radius 3 is 2.62 bits per heavy atom. The van der Waals surface area contributed by atoms with E-state index in [2.05, 4.69) is 0 Å². The number of likely N-dealkylation sites (N-methyl/N-ethyl adjacent to an activating group) is 1. The van der Waals surface area contributed by atoms with Crippen molar-refractivity contribution in [2.24, 2.45) is 0 Å². The van der Waals surface area contributed by atoms with Gasteiger partial charge >= 0.3 is 0 Å². The summed E-state index contributed by atoms with van der Waals surface area (Å²) in [5, 5.41) is 1.09. The van der Waals surface area contributed by atoms with Gasteiger partial charge in [-0.2, -0.15) is 0 Å². The minimum absolute atomic E-state index is 0.300. The average molecular weight is 223 g/mol. The van der Waals surface area contributed by atoms with Crippen LogP contribution in [-0.4, -0.2) is 25.1 Å². The summed E-state index contributed by atoms with van der Waals surface area (Å²) in [5.74, 6) is -0.652. The van der Waals surface area contributed by atoms with E-state index in [9.17, 15) is 9.18 Å². The molecule has 16 heavy (non-hydrogen) atoms. The van der Waals surface area contributed by atoms with Crippen molar-refractivity contribution in [1.82, 2.24) is 5.06 Å². The number of halogens is 1. The number of rotatable bonds is 3. The van der Waals surface area contributed by atoms with Gasteiger partial charge in [-0.15, -0.1) is 0 Å². The van der Waals surface area contributed by atoms with E-state index in [0.29, 0.717) is 11.1 Å². The molecule has 0 bridgehead atoms. The Kier molecular flexibility index (Phi) is 4.19. The SMILES string of the molecule is CON(C)C(=O)/C(C)=C/c1ccccc1F. The summed E-state index contributed by atoms with van der Waals surface area (Å²) < 4.78 is 13.3. The molecule has 0 saturated carbocycles. The molecule has 86 valence electrons. The Labute approximate surface area is 94.1 Å². The molecule has 1 aromatic carbocycles. The first-order chi connectivity index (χ1) is 7.56. The van der Waals surface area contributed by atoms with Gasteiger partial charge in [0.25, 0.3) is 5.91 Å². The average Bonchev–Trinajstić information content (AvgIpc) is 2.30. The van der Waals surface area contributed by atoms with E-state index in [-0.39, 0.29) is 11.7 Å². The molecule has 0 atom stereocenters. The maximum Gasteiger partial charge on any atom is 0.272 e. The molecule has 0 N–H and O–H groups in total. The summed E-state index contributed by atoms with van der Waals surface area (Å²) in [4.78, 5) is 16.4. The smallest absolute Gasteiger partial charge is 0.272 e. The van der Waals surface area contributed by atoms with E-state index in [1.807, 2.05) is 0 Å². The summed E-state index contributed by atoms with van der Waals surface area (Å²) in [6.45, 7) is 1.62. The van der Waals surface area contributed by atoms with Gasteiger partial charge in [0, 0.05) is 18.2 Å². The Hall–Kier alpha value is -1.68. The topological polar surface area (TPSA) is 29.5 Å². The highest BCUT2D eigenvalue weighted by Gasteiger charge is 2.10. The van der Waals surface area contributed by atoms with Gasteiger partial charge in [-0.3, -0.25) is 9.63 Å². The quantitative estimate of drug-likeness (QED) is 0.581. The zero-order chi connectivity index (χ0) is 12.1. The molecule has 0 spiro atoms. The second-order valence-electron chi connectivity index (χ2n) is 3.33. The predicted molar refractivity (Wildman–Crippen MR) is 59.8 cm³/mol. The molecule has 0 aliphatic carbocycles. The van der Waals surface area contributed by atoms with Gasteiger partial charge in [0.1, 0.15) is 5.82 Å². The molecule has 0 aliphatic heterocycles. The monoisotopic (exact) mass is 223 g/mol. The highest BCUT2D eigenvalue weighted by molar-refractivity contribution is 5.96. The van der Waals surface area contributed by atoms with Crippen LogP contribution in [0.5, 0.6) is 0 Å². The lowest BCUT2D eigenvalue weighted by Gasteiger charge is -2.13. The Morgan fingerprint density at radius 1 is 1.44 bits per heavy atom. The number of amides is 1. The summed E-state index contributed by atoms with van der Waals surface area (Å²) in [6, 6.07) is 6.28. The number of nitrogens with zero attached hydrogens (tertiary/aromatic N) is 1. The number of carbonyl (C=O) groups is 1. The first kappa shape index (κ1) is 12.4. The third-order valence-corrected chi connectivity index (χ3v) is 2.17. The van der Waals surface area contributed by atoms with Crippen LogP contribution in [-0.2, 0) is 9.63 Å². The van der Waals surface area contributed by atoms with E-state index in [1.165, 1.54) is 26.3 Å². The molecule has 0 saturated heterocycles. The van der Waals surface area contributed by atoms with Gasteiger partial charge in [-0.1, -0.05) is 18.2 Å². The Balaban J connectivity index is 2.93. The molecule has 0 aliphatic rings. The lowest BCUT2D eigenvalue weighted by Crippen LogP contribution is -2.25. The van der Waals surface area contributed by atoms with Crippen LogP contribution in [0.15, 0.2) is 29.8 Å². The van der Waals surface area contributed by atoms with Gasteiger partial charge in [-0.25, -0.2) is 9.45 Å². The van der Waals surface area contributed by atoms with Crippen molar-refractivity contribution in [2.45, 2.75) is 6.92 Å². The largest absolute Gasteiger partial charge is 0.274 e. The molecule has 3 nitrogen and oxygen atoms in total. The molecular formula is C12H14FNO2. The number of hydroxylamine groups is 2. The summed E-state index contributed by atoms with van der Waals surface area (Å²) in [7, 11) is 2.90. The molecule has 1 aromatic rings. The lowest BCUT2D eigenvalue weighted by atomic mass is 10.1. The van der Waals surface area contributed by atoms with Crippen molar-refractivity contribution in [1.29, 1.82) is 0 Å². The van der Waals surface area contributed by atoms with E-state index in [0.717, 1.165) is 5.06 Å². The first-order valence-corrected chi connectivity index (χ1v) is 4.81. The molecule has 4 heteroatoms. The number of hydrogen-bond acceptors (Lipinski definition) is 2. The van der Waals surface area contributed by atoms with E-state index < -0.39 is 0 Å². The van der Waals surface area contributed by atoms with Crippen molar-refractivity contribution in [3.05, 3.63) is 41.2 Å². The van der Waals surface area contributed by atoms with E-state index in [1.54, 1.807) is 25.1 Å². The standard InChI is InChI=1S/C12H14FNO2/c1-9(12(15)14(2)16-3)8-10-6-4-5-7-11(10)13/h4-8H,1-3H3/b9-8+. The molecule has 0 heterocycles. The minimum Gasteiger partial charge on any atom is -0.274 e. The molecule has 0 fully saturated rings. The second-order valence-corrected chi connectivity index (χ2v) is 3.33. The minimum atomic E-state index is -0.352. The third kappa shape index (κ3) is 2.90. The zero-order valence-electron chi connectivity index (χ0n) is 9.53. The second kappa shape index (κ2) is 5.42. The van der Waals surface area contributed by atoms with E-state index in [4.69, 9.17) is 4.84 Å². The van der Waals surface area contributed by atoms with Crippen LogP contribution in [0.3, 0.4) is 0 Å². The zero-order valence-corrected chi connectivity index (χ0v) is 9.53. The maximum atomic E-state index is 13.3. The fourth-order valence-corrected chi connectivity index (χ4v) is 1.22. The molecular weight excluding hydrogens is 209 g/mol. The molecule has 0 aromatic heterocycles. The lowest BCUT2D eigenvalue weighted by molar-refractivity contribution is -0.163. The fourth-order valence-electron chi connectivity index (χ4n) is 1.22. The van der Waals surface area contributed by atoms with Crippen molar-refractivity contribution in [3.63, 3.8) is 0 Å². The van der Waals surface area contributed by atoms with Gasteiger partial charge < -0.3 is 0 Å². The van der Waals surface area contributed by atoms with Crippen molar-refractivity contribution < 1.29 is 14.0 Å². The van der Waals surface area contributed by atoms with Crippen LogP contribution >= 0.6 is 0 Å². The van der Waals surface area contributed by atoms with Crippen LogP contribution in [0, 0.1) is 5.82 Å². The van der Waals surface area contributed by atoms with Crippen LogP contribution in [0.1, 0.15) is 12.5 Å². The molecule has 0 unspecified atom stereocenters. The Morgan fingerprint density at radius 2 is 2.06 bits per heavy atom. The first-order valence-electron chi connectivity index (χ1n) is 4.81. The van der Waals surface area contributed by atoms with Crippen molar-refractivity contribution in [3.8, 4) is 0 Å². The Bertz CT molecular complexity index is 415. The fraction of sp³-hybridized carbons (Fsp3) is 0.250. The predicted octanol–water partition coefficient (Wildman–Crippen LogP) is 2.25. The third-order valence-electron chi connectivity index (χ3n) is 2.17. The summed E-state index contributed by atoms with van der Waals surface area (Å²) >= 11 is 0. The van der Waals surface area contributed by atoms with Gasteiger partial charge in [0.2, 0.25) is 0 Å². The molecule has 0 radical (unpaired) electrons. The van der Waals surface area contributed by atoms with Gasteiger partial charge in [0.05, 0.1) is 7.11 Å². The van der Waals surface area contributed by atoms with E-state index >= 15 is 0 Å². The van der Waals surface area contributed by atoms with Crippen molar-refractivity contribution >= 4 is 12.0 Å². The van der Waals surface area contributed by atoms with Crippen molar-refractivity contribution in [2.75, 3.05) is 14.2 Å². The summed E-state index contributed by atoms with van der Waals surface area (Å²) in [6.07, 6.45) is 1.49. The van der Waals surface area contributed by atoms with Gasteiger partial charge in [-0.05, 0) is 19.1 Å². The molecule has 1 rings (SSSR count). The van der Waals surface area contributed by atoms with Crippen LogP contribution in [0.25, 0.3) is 6.08 Å². The number of hydrogen-bond donors (Lipinski definition) is 0. The summed E-state index contributed by atoms with van der Waals surface area (Å²) in [5.41, 5.74) is 0.798. The highest BCUT2D eigenvalue weighted by Crippen LogP contribution is 2.12. The van der Waals surface area contributed by atoms with Crippen LogP contribution in [0.2, 0.25) is 0 Å². The molecule has 1 amide bonds. The maximum absolute atomic E-state index is 13.3. The normalized spacial score (nSPS) is 11.4. The van der Waals surface area contributed by atoms with Gasteiger partial charge in [0.15, 0.2) is 0 Å².